The van der Waals surface area contributed by atoms with Crippen LogP contribution >= 0.6 is 22.9 Å². The summed E-state index contributed by atoms with van der Waals surface area (Å²) in [5.41, 5.74) is 1.22. The average Bonchev–Trinajstić information content (AvgIpc) is 3.38. The van der Waals surface area contributed by atoms with Gasteiger partial charge in [-0.05, 0) is 18.6 Å². The van der Waals surface area contributed by atoms with Crippen molar-refractivity contribution in [3.05, 3.63) is 62.5 Å². The molecule has 9 nitrogen and oxygen atoms in total. The number of nitrogens with zero attached hydrogens (tertiary/aromatic N) is 3. The SMILES string of the molecule is COC(=O)C1=C(CN2CCOC[C@H]2CCC(=O)O)NC(c2nccs2)=N[C@H]1c1ccc(F)cc1Cl. The van der Waals surface area contributed by atoms with Gasteiger partial charge in [0, 0.05) is 53.4 Å². The molecule has 0 spiro atoms. The van der Waals surface area contributed by atoms with Crippen molar-refractivity contribution in [1.82, 2.24) is 15.2 Å². The molecule has 4 rings (SSSR count). The largest absolute Gasteiger partial charge is 0.481 e. The van der Waals surface area contributed by atoms with Gasteiger partial charge in [-0.15, -0.1) is 11.3 Å². The minimum absolute atomic E-state index is 0.000494. The van der Waals surface area contributed by atoms with Crippen LogP contribution in [0, 0.1) is 5.82 Å². The number of thiazole rings is 1. The van der Waals surface area contributed by atoms with Crippen molar-refractivity contribution in [2.45, 2.75) is 24.9 Å². The van der Waals surface area contributed by atoms with E-state index < -0.39 is 23.8 Å². The highest BCUT2D eigenvalue weighted by molar-refractivity contribution is 7.11. The first kappa shape index (κ1) is 25.2. The molecule has 12 heteroatoms. The predicted molar refractivity (Wildman–Crippen MR) is 128 cm³/mol. The van der Waals surface area contributed by atoms with Crippen LogP contribution in [0.25, 0.3) is 0 Å². The first-order valence-corrected chi connectivity index (χ1v) is 12.2. The van der Waals surface area contributed by atoms with Crippen LogP contribution in [0.1, 0.15) is 29.5 Å². The molecule has 2 N–H and O–H groups in total. The van der Waals surface area contributed by atoms with Gasteiger partial charge in [-0.2, -0.15) is 0 Å². The van der Waals surface area contributed by atoms with E-state index in [0.717, 1.165) is 0 Å². The van der Waals surface area contributed by atoms with Crippen molar-refractivity contribution in [1.29, 1.82) is 0 Å². The molecule has 2 aliphatic rings. The molecule has 1 saturated heterocycles. The summed E-state index contributed by atoms with van der Waals surface area (Å²) in [7, 11) is 1.28. The second-order valence-corrected chi connectivity index (χ2v) is 9.33. The molecule has 35 heavy (non-hydrogen) atoms. The Labute approximate surface area is 210 Å². The predicted octanol–water partition coefficient (Wildman–Crippen LogP) is 3.02. The van der Waals surface area contributed by atoms with Crippen molar-refractivity contribution in [3.63, 3.8) is 0 Å². The molecule has 0 saturated carbocycles. The number of methoxy groups -OCH3 is 1. The monoisotopic (exact) mass is 522 g/mol. The molecule has 0 unspecified atom stereocenters. The third kappa shape index (κ3) is 5.87. The van der Waals surface area contributed by atoms with Crippen LogP contribution in [-0.2, 0) is 19.1 Å². The van der Waals surface area contributed by atoms with E-state index in [0.29, 0.717) is 48.3 Å². The highest BCUT2D eigenvalue weighted by Gasteiger charge is 2.35. The number of rotatable bonds is 8. The van der Waals surface area contributed by atoms with E-state index >= 15 is 0 Å². The van der Waals surface area contributed by atoms with Crippen LogP contribution in [0.2, 0.25) is 5.02 Å². The molecule has 0 amide bonds. The summed E-state index contributed by atoms with van der Waals surface area (Å²) in [6, 6.07) is 2.94. The number of carboxylic acids is 1. The summed E-state index contributed by atoms with van der Waals surface area (Å²) in [6.45, 7) is 1.70. The number of amidine groups is 1. The zero-order valence-corrected chi connectivity index (χ0v) is 20.4. The number of ether oxygens (including phenoxy) is 2. The molecule has 0 aliphatic carbocycles. The number of esters is 1. The van der Waals surface area contributed by atoms with Crippen molar-refractivity contribution < 1.29 is 28.6 Å². The lowest BCUT2D eigenvalue weighted by atomic mass is 9.94. The van der Waals surface area contributed by atoms with E-state index in [1.807, 2.05) is 5.38 Å². The maximum absolute atomic E-state index is 13.8. The molecule has 2 aromatic rings. The molecule has 0 radical (unpaired) electrons. The number of nitrogens with one attached hydrogen (secondary N) is 1. The number of aliphatic imine (C=N–C) groups is 1. The topological polar surface area (TPSA) is 113 Å². The first-order valence-electron chi connectivity index (χ1n) is 10.9. The number of morpholine rings is 1. The van der Waals surface area contributed by atoms with Gasteiger partial charge in [0.05, 0.1) is 25.9 Å². The third-order valence-corrected chi connectivity index (χ3v) is 6.93. The van der Waals surface area contributed by atoms with Gasteiger partial charge < -0.3 is 19.9 Å². The Morgan fingerprint density at radius 3 is 2.94 bits per heavy atom. The normalized spacial score (nSPS) is 20.8. The molecular weight excluding hydrogens is 499 g/mol. The summed E-state index contributed by atoms with van der Waals surface area (Å²) in [5.74, 6) is -1.54. The van der Waals surface area contributed by atoms with Gasteiger partial charge in [0.25, 0.3) is 0 Å². The minimum atomic E-state index is -0.884. The first-order chi connectivity index (χ1) is 16.9. The Bertz CT molecular complexity index is 1160. The Morgan fingerprint density at radius 1 is 1.43 bits per heavy atom. The average molecular weight is 523 g/mol. The molecule has 3 heterocycles. The number of hydrogen-bond donors (Lipinski definition) is 2. The van der Waals surface area contributed by atoms with E-state index in [-0.39, 0.29) is 29.6 Å². The second-order valence-electron chi connectivity index (χ2n) is 8.02. The number of benzene rings is 1. The highest BCUT2D eigenvalue weighted by atomic mass is 35.5. The van der Waals surface area contributed by atoms with Gasteiger partial charge in [-0.3, -0.25) is 14.7 Å². The van der Waals surface area contributed by atoms with Crippen LogP contribution < -0.4 is 5.32 Å². The van der Waals surface area contributed by atoms with Crippen LogP contribution in [-0.4, -0.2) is 72.2 Å². The van der Waals surface area contributed by atoms with Crippen molar-refractivity contribution in [2.24, 2.45) is 4.99 Å². The fraction of sp³-hybridized carbons (Fsp3) is 0.391. The van der Waals surface area contributed by atoms with E-state index in [2.05, 4.69) is 15.2 Å². The van der Waals surface area contributed by atoms with Crippen LogP contribution in [0.5, 0.6) is 0 Å². The van der Waals surface area contributed by atoms with Gasteiger partial charge >= 0.3 is 11.9 Å². The lowest BCUT2D eigenvalue weighted by molar-refractivity contribution is -0.138. The summed E-state index contributed by atoms with van der Waals surface area (Å²) < 4.78 is 24.5. The third-order valence-electron chi connectivity index (χ3n) is 5.83. The molecule has 2 atom stereocenters. The van der Waals surface area contributed by atoms with E-state index in [1.54, 1.807) is 6.20 Å². The van der Waals surface area contributed by atoms with Crippen molar-refractivity contribution in [3.8, 4) is 0 Å². The maximum Gasteiger partial charge on any atom is 0.338 e. The lowest BCUT2D eigenvalue weighted by Gasteiger charge is -2.37. The number of aromatic nitrogens is 1. The Balaban J connectivity index is 1.76. The number of halogens is 2. The lowest BCUT2D eigenvalue weighted by Crippen LogP contribution is -2.49. The Morgan fingerprint density at radius 2 is 2.26 bits per heavy atom. The number of carboxylic acid groups (broad SMARTS) is 1. The number of carbonyl (C=O) groups excluding carboxylic acids is 1. The molecule has 186 valence electrons. The highest BCUT2D eigenvalue weighted by Crippen LogP contribution is 2.37. The Kier molecular flexibility index (Phi) is 8.11. The standard InChI is InChI=1S/C23H24ClFN4O5S/c1-33-23(32)19-17(11-29-7-8-34-12-14(29)3-5-18(30)31)27-21(22-26-6-9-35-22)28-20(19)15-4-2-13(25)10-16(15)24/h2,4,6,9-10,14,20H,3,5,7-8,11-12H2,1H3,(H,27,28)(H,30,31)/t14-,20+/m1/s1. The van der Waals surface area contributed by atoms with Crippen LogP contribution in [0.15, 0.2) is 46.0 Å². The van der Waals surface area contributed by atoms with Crippen LogP contribution in [0.3, 0.4) is 0 Å². The summed E-state index contributed by atoms with van der Waals surface area (Å²) in [4.78, 5) is 35.3. The number of aliphatic carboxylic acids is 1. The summed E-state index contributed by atoms with van der Waals surface area (Å²) >= 11 is 7.76. The van der Waals surface area contributed by atoms with E-state index in [9.17, 15) is 14.0 Å². The van der Waals surface area contributed by atoms with Gasteiger partial charge in [0.15, 0.2) is 10.8 Å². The quantitative estimate of drug-likeness (QED) is 0.509. The molecule has 1 aromatic carbocycles. The fourth-order valence-corrected chi connectivity index (χ4v) is 4.98. The summed E-state index contributed by atoms with van der Waals surface area (Å²) in [5, 5.41) is 14.9. The fourth-order valence-electron chi connectivity index (χ4n) is 4.12. The molecular formula is C23H24ClFN4O5S. The maximum atomic E-state index is 13.8. The van der Waals surface area contributed by atoms with Crippen LogP contribution in [0.4, 0.5) is 4.39 Å². The van der Waals surface area contributed by atoms with Crippen molar-refractivity contribution >= 4 is 40.7 Å². The number of carbonyl (C=O) groups is 2. The summed E-state index contributed by atoms with van der Waals surface area (Å²) in [6.07, 6.45) is 2.05. The smallest absolute Gasteiger partial charge is 0.338 e. The second kappa shape index (κ2) is 11.3. The van der Waals surface area contributed by atoms with E-state index in [1.165, 1.54) is 36.6 Å². The minimum Gasteiger partial charge on any atom is -0.481 e. The van der Waals surface area contributed by atoms with Gasteiger partial charge in [-0.1, -0.05) is 17.7 Å². The molecule has 1 aromatic heterocycles. The van der Waals surface area contributed by atoms with Gasteiger partial charge in [0.2, 0.25) is 0 Å². The molecule has 2 aliphatic heterocycles. The molecule has 1 fully saturated rings. The molecule has 0 bridgehead atoms. The Hall–Kier alpha value is -2.86. The van der Waals surface area contributed by atoms with E-state index in [4.69, 9.17) is 31.2 Å². The number of hydrogen-bond acceptors (Lipinski definition) is 9. The zero-order valence-electron chi connectivity index (χ0n) is 18.9. The van der Waals surface area contributed by atoms with Crippen molar-refractivity contribution in [2.75, 3.05) is 33.4 Å². The zero-order chi connectivity index (χ0) is 24.9. The van der Waals surface area contributed by atoms with Gasteiger partial charge in [-0.25, -0.2) is 14.2 Å². The van der Waals surface area contributed by atoms with Gasteiger partial charge in [0.1, 0.15) is 11.9 Å².